The summed E-state index contributed by atoms with van der Waals surface area (Å²) < 4.78 is 27.4. The van der Waals surface area contributed by atoms with Crippen LogP contribution in [0.4, 0.5) is 0 Å². The lowest BCUT2D eigenvalue weighted by atomic mass is 10.1. The summed E-state index contributed by atoms with van der Waals surface area (Å²) in [4.78, 5) is 14.5. The van der Waals surface area contributed by atoms with Crippen LogP contribution >= 0.6 is 0 Å². The fourth-order valence-corrected chi connectivity index (χ4v) is 4.53. The third kappa shape index (κ3) is 3.48. The minimum absolute atomic E-state index is 0.0202. The molecule has 2 atom stereocenters. The normalized spacial score (nSPS) is 24.1. The van der Waals surface area contributed by atoms with Gasteiger partial charge < -0.3 is 10.0 Å². The maximum atomic E-state index is 12.8. The first-order chi connectivity index (χ1) is 11.3. The van der Waals surface area contributed by atoms with Crippen molar-refractivity contribution >= 4 is 15.9 Å². The van der Waals surface area contributed by atoms with E-state index in [9.17, 15) is 18.3 Å². The van der Waals surface area contributed by atoms with Crippen LogP contribution in [0, 0.1) is 6.92 Å². The summed E-state index contributed by atoms with van der Waals surface area (Å²) in [7, 11) is -1.92. The molecule has 1 aromatic rings. The van der Waals surface area contributed by atoms with Crippen molar-refractivity contribution in [3.8, 4) is 0 Å². The maximum absolute atomic E-state index is 12.8. The van der Waals surface area contributed by atoms with Gasteiger partial charge in [0.05, 0.1) is 17.0 Å². The molecule has 0 aromatic heterocycles. The molecule has 3 rings (SSSR count). The van der Waals surface area contributed by atoms with Crippen molar-refractivity contribution in [2.24, 2.45) is 0 Å². The molecule has 0 unspecified atom stereocenters. The minimum atomic E-state index is -3.60. The smallest absolute Gasteiger partial charge is 0.254 e. The molecule has 2 fully saturated rings. The Morgan fingerprint density at radius 2 is 1.96 bits per heavy atom. The Bertz CT molecular complexity index is 743. The van der Waals surface area contributed by atoms with Gasteiger partial charge in [0.25, 0.3) is 5.91 Å². The second-order valence-corrected chi connectivity index (χ2v) is 8.57. The summed E-state index contributed by atoms with van der Waals surface area (Å²) >= 11 is 0. The van der Waals surface area contributed by atoms with Crippen molar-refractivity contribution in [3.63, 3.8) is 0 Å². The lowest BCUT2D eigenvalue weighted by Crippen LogP contribution is -2.41. The second kappa shape index (κ2) is 6.46. The zero-order chi connectivity index (χ0) is 17.5. The zero-order valence-electron chi connectivity index (χ0n) is 14.0. The molecule has 2 saturated carbocycles. The number of aliphatic hydroxyl groups excluding tert-OH is 1. The van der Waals surface area contributed by atoms with Gasteiger partial charge in [0.1, 0.15) is 0 Å². The molecule has 1 aromatic carbocycles. The highest BCUT2D eigenvalue weighted by Crippen LogP contribution is 2.27. The highest BCUT2D eigenvalue weighted by molar-refractivity contribution is 7.89. The quantitative estimate of drug-likeness (QED) is 0.839. The minimum Gasteiger partial charge on any atom is -0.391 e. The monoisotopic (exact) mass is 352 g/mol. The average Bonchev–Trinajstić information content (AvgIpc) is 3.23. The number of likely N-dealkylation sites (N-methyl/N-ethyl adjacent to an activating group) is 1. The van der Waals surface area contributed by atoms with Crippen LogP contribution in [0.25, 0.3) is 0 Å². The molecule has 132 valence electrons. The average molecular weight is 352 g/mol. The van der Waals surface area contributed by atoms with Crippen molar-refractivity contribution in [1.29, 1.82) is 0 Å². The number of aryl methyl sites for hydroxylation is 1. The predicted molar refractivity (Wildman–Crippen MR) is 90.3 cm³/mol. The van der Waals surface area contributed by atoms with Gasteiger partial charge in [-0.1, -0.05) is 6.07 Å². The lowest BCUT2D eigenvalue weighted by molar-refractivity contribution is 0.0538. The van der Waals surface area contributed by atoms with E-state index < -0.39 is 16.1 Å². The van der Waals surface area contributed by atoms with E-state index in [2.05, 4.69) is 4.72 Å². The van der Waals surface area contributed by atoms with Gasteiger partial charge in [-0.05, 0) is 56.7 Å². The molecule has 0 heterocycles. The number of amides is 1. The first-order valence-electron chi connectivity index (χ1n) is 8.38. The number of hydrogen-bond acceptors (Lipinski definition) is 4. The predicted octanol–water partition coefficient (Wildman–Crippen LogP) is 1.42. The highest BCUT2D eigenvalue weighted by atomic mass is 32.2. The van der Waals surface area contributed by atoms with Crippen LogP contribution in [0.15, 0.2) is 23.1 Å². The molecule has 0 spiro atoms. The van der Waals surface area contributed by atoms with Gasteiger partial charge in [-0.3, -0.25) is 4.79 Å². The summed E-state index contributed by atoms with van der Waals surface area (Å²) in [5.74, 6) is -0.248. The molecule has 0 radical (unpaired) electrons. The Hall–Kier alpha value is -1.44. The Kier molecular flexibility index (Phi) is 4.68. The van der Waals surface area contributed by atoms with E-state index in [1.807, 2.05) is 0 Å². The van der Waals surface area contributed by atoms with E-state index in [0.717, 1.165) is 31.2 Å². The largest absolute Gasteiger partial charge is 0.391 e. The molecule has 24 heavy (non-hydrogen) atoms. The first kappa shape index (κ1) is 17.4. The number of carbonyl (C=O) groups is 1. The van der Waals surface area contributed by atoms with E-state index in [1.165, 1.54) is 12.1 Å². The van der Waals surface area contributed by atoms with Crippen LogP contribution < -0.4 is 4.72 Å². The fourth-order valence-electron chi connectivity index (χ4n) is 3.20. The number of carbonyl (C=O) groups excluding carboxylic acids is 1. The SMILES string of the molecule is Cc1ccc(S(=O)(=O)NC2CC2)cc1C(=O)N(C)[C@@H]1CCC[C@H]1O. The van der Waals surface area contributed by atoms with Crippen molar-refractivity contribution in [2.75, 3.05) is 7.05 Å². The summed E-state index contributed by atoms with van der Waals surface area (Å²) in [5, 5.41) is 10.0. The topological polar surface area (TPSA) is 86.7 Å². The number of rotatable bonds is 5. The summed E-state index contributed by atoms with van der Waals surface area (Å²) in [6.07, 6.45) is 3.56. The zero-order valence-corrected chi connectivity index (χ0v) is 14.8. The van der Waals surface area contributed by atoms with Crippen LogP contribution in [0.3, 0.4) is 0 Å². The fraction of sp³-hybridized carbons (Fsp3) is 0.588. The molecule has 2 N–H and O–H groups in total. The molecule has 6 nitrogen and oxygen atoms in total. The van der Waals surface area contributed by atoms with Gasteiger partial charge in [-0.2, -0.15) is 0 Å². The standard InChI is InChI=1S/C17H24N2O4S/c1-11-6-9-13(24(22,23)18-12-7-8-12)10-14(11)17(21)19(2)15-4-3-5-16(15)20/h6,9-10,12,15-16,18,20H,3-5,7-8H2,1-2H3/t15-,16-/m1/s1. The molecule has 0 saturated heterocycles. The van der Waals surface area contributed by atoms with Crippen LogP contribution in [0.2, 0.25) is 0 Å². The molecular formula is C17H24N2O4S. The van der Waals surface area contributed by atoms with Gasteiger partial charge in [-0.25, -0.2) is 13.1 Å². The number of hydrogen-bond donors (Lipinski definition) is 2. The van der Waals surface area contributed by atoms with Crippen molar-refractivity contribution in [2.45, 2.75) is 62.1 Å². The Labute approximate surface area is 142 Å². The number of aliphatic hydroxyl groups is 1. The van der Waals surface area contributed by atoms with Gasteiger partial charge in [-0.15, -0.1) is 0 Å². The molecule has 7 heteroatoms. The van der Waals surface area contributed by atoms with Gasteiger partial charge in [0, 0.05) is 18.7 Å². The maximum Gasteiger partial charge on any atom is 0.254 e. The van der Waals surface area contributed by atoms with E-state index in [4.69, 9.17) is 0 Å². The molecule has 0 bridgehead atoms. The Balaban J connectivity index is 1.86. The van der Waals surface area contributed by atoms with E-state index in [0.29, 0.717) is 12.0 Å². The van der Waals surface area contributed by atoms with Crippen molar-refractivity contribution in [1.82, 2.24) is 9.62 Å². The van der Waals surface area contributed by atoms with Crippen molar-refractivity contribution in [3.05, 3.63) is 29.3 Å². The molecule has 1 amide bonds. The number of sulfonamides is 1. The van der Waals surface area contributed by atoms with Crippen molar-refractivity contribution < 1.29 is 18.3 Å². The Morgan fingerprint density at radius 1 is 1.25 bits per heavy atom. The third-order valence-electron chi connectivity index (χ3n) is 4.91. The molecular weight excluding hydrogens is 328 g/mol. The highest BCUT2D eigenvalue weighted by Gasteiger charge is 2.33. The summed E-state index contributed by atoms with van der Waals surface area (Å²) in [6.45, 7) is 1.79. The van der Waals surface area contributed by atoms with E-state index in [-0.39, 0.29) is 22.9 Å². The van der Waals surface area contributed by atoms with Gasteiger partial charge in [0.15, 0.2) is 0 Å². The number of benzene rings is 1. The number of nitrogens with zero attached hydrogens (tertiary/aromatic N) is 1. The molecule has 0 aliphatic heterocycles. The van der Waals surface area contributed by atoms with Gasteiger partial charge in [0.2, 0.25) is 10.0 Å². The molecule has 2 aliphatic carbocycles. The summed E-state index contributed by atoms with van der Waals surface area (Å²) in [5.41, 5.74) is 1.10. The number of nitrogens with one attached hydrogen (secondary N) is 1. The van der Waals surface area contributed by atoms with E-state index >= 15 is 0 Å². The van der Waals surface area contributed by atoms with Gasteiger partial charge >= 0.3 is 0 Å². The van der Waals surface area contributed by atoms with Crippen LogP contribution in [-0.2, 0) is 10.0 Å². The lowest BCUT2D eigenvalue weighted by Gasteiger charge is -2.28. The Morgan fingerprint density at radius 3 is 2.54 bits per heavy atom. The van der Waals surface area contributed by atoms with Crippen LogP contribution in [0.1, 0.15) is 48.0 Å². The molecule has 2 aliphatic rings. The first-order valence-corrected chi connectivity index (χ1v) is 9.86. The second-order valence-electron chi connectivity index (χ2n) is 6.85. The van der Waals surface area contributed by atoms with Crippen LogP contribution in [0.5, 0.6) is 0 Å². The third-order valence-corrected chi connectivity index (χ3v) is 6.43. The summed E-state index contributed by atoms with van der Waals surface area (Å²) in [6, 6.07) is 4.45. The van der Waals surface area contributed by atoms with E-state index in [1.54, 1.807) is 24.9 Å². The van der Waals surface area contributed by atoms with Crippen LogP contribution in [-0.4, -0.2) is 49.6 Å².